The highest BCUT2D eigenvalue weighted by molar-refractivity contribution is 5.97. The minimum atomic E-state index is -0.220. The molecule has 1 aromatic carbocycles. The number of carbonyl (C=O) groups excluding carboxylic acids is 1. The summed E-state index contributed by atoms with van der Waals surface area (Å²) in [5.74, 6) is -0.194. The minimum Gasteiger partial charge on any atom is -0.507 e. The van der Waals surface area contributed by atoms with Crippen molar-refractivity contribution in [1.29, 1.82) is 0 Å². The van der Waals surface area contributed by atoms with E-state index in [4.69, 9.17) is 0 Å². The Balaban J connectivity index is 2.62. The van der Waals surface area contributed by atoms with Crippen molar-refractivity contribution in [2.24, 2.45) is 0 Å². The Morgan fingerprint density at radius 2 is 2.11 bits per heavy atom. The van der Waals surface area contributed by atoms with Crippen LogP contribution in [0.5, 0.6) is 5.75 Å². The maximum atomic E-state index is 12.0. The first kappa shape index (κ1) is 14.5. The van der Waals surface area contributed by atoms with E-state index in [-0.39, 0.29) is 17.7 Å². The Bertz CT molecular complexity index is 416. The number of aromatic hydroxyl groups is 1. The summed E-state index contributed by atoms with van der Waals surface area (Å²) in [5, 5.41) is 12.6. The van der Waals surface area contributed by atoms with Crippen LogP contribution in [0.4, 0.5) is 0 Å². The molecule has 1 atom stereocenters. The molecule has 2 N–H and O–H groups in total. The zero-order valence-electron chi connectivity index (χ0n) is 11.5. The maximum Gasteiger partial charge on any atom is 0.255 e. The molecule has 4 heteroatoms. The normalized spacial score (nSPS) is 12.5. The SMILES string of the molecule is Cc1ccc(O)c(C(=O)NC(C)CCN(C)C)c1. The van der Waals surface area contributed by atoms with E-state index in [9.17, 15) is 9.90 Å². The molecule has 0 aliphatic heterocycles. The first-order valence-electron chi connectivity index (χ1n) is 6.15. The Morgan fingerprint density at radius 1 is 1.44 bits per heavy atom. The van der Waals surface area contributed by atoms with E-state index < -0.39 is 0 Å². The molecule has 0 radical (unpaired) electrons. The Labute approximate surface area is 109 Å². The van der Waals surface area contributed by atoms with Gasteiger partial charge in [0.05, 0.1) is 5.56 Å². The monoisotopic (exact) mass is 250 g/mol. The van der Waals surface area contributed by atoms with Gasteiger partial charge in [0.25, 0.3) is 5.91 Å². The zero-order chi connectivity index (χ0) is 13.7. The number of benzene rings is 1. The molecule has 0 saturated carbocycles. The molecule has 1 amide bonds. The van der Waals surface area contributed by atoms with Crippen molar-refractivity contribution >= 4 is 5.91 Å². The van der Waals surface area contributed by atoms with E-state index in [1.807, 2.05) is 27.9 Å². The zero-order valence-corrected chi connectivity index (χ0v) is 11.5. The summed E-state index contributed by atoms with van der Waals surface area (Å²) in [5.41, 5.74) is 1.30. The highest BCUT2D eigenvalue weighted by atomic mass is 16.3. The molecule has 1 rings (SSSR count). The topological polar surface area (TPSA) is 52.6 Å². The predicted molar refractivity (Wildman–Crippen MR) is 72.9 cm³/mol. The first-order valence-corrected chi connectivity index (χ1v) is 6.15. The van der Waals surface area contributed by atoms with Crippen LogP contribution >= 0.6 is 0 Å². The van der Waals surface area contributed by atoms with Crippen molar-refractivity contribution < 1.29 is 9.90 Å². The van der Waals surface area contributed by atoms with E-state index in [1.165, 1.54) is 0 Å². The summed E-state index contributed by atoms with van der Waals surface area (Å²) in [6.45, 7) is 4.78. The molecular weight excluding hydrogens is 228 g/mol. The lowest BCUT2D eigenvalue weighted by molar-refractivity contribution is 0.0934. The van der Waals surface area contributed by atoms with Gasteiger partial charge in [0.1, 0.15) is 5.75 Å². The third-order valence-corrected chi connectivity index (χ3v) is 2.78. The quantitative estimate of drug-likeness (QED) is 0.837. The number of carbonyl (C=O) groups is 1. The van der Waals surface area contributed by atoms with Gasteiger partial charge in [-0.3, -0.25) is 4.79 Å². The fourth-order valence-electron chi connectivity index (χ4n) is 1.66. The van der Waals surface area contributed by atoms with Gasteiger partial charge in [-0.1, -0.05) is 11.6 Å². The molecule has 1 unspecified atom stereocenters. The van der Waals surface area contributed by atoms with E-state index in [0.29, 0.717) is 5.56 Å². The highest BCUT2D eigenvalue weighted by Gasteiger charge is 2.13. The van der Waals surface area contributed by atoms with Gasteiger partial charge in [0, 0.05) is 6.04 Å². The number of phenolic OH excluding ortho intramolecular Hbond substituents is 1. The molecule has 0 spiro atoms. The van der Waals surface area contributed by atoms with Gasteiger partial charge >= 0.3 is 0 Å². The Hall–Kier alpha value is -1.55. The van der Waals surface area contributed by atoms with Gasteiger partial charge in [-0.25, -0.2) is 0 Å². The molecule has 0 aliphatic carbocycles. The second-order valence-electron chi connectivity index (χ2n) is 4.99. The van der Waals surface area contributed by atoms with Crippen LogP contribution in [0, 0.1) is 6.92 Å². The molecule has 0 aliphatic rings. The Kier molecular flexibility index (Phi) is 5.16. The number of hydrogen-bond acceptors (Lipinski definition) is 3. The van der Waals surface area contributed by atoms with Crippen molar-refractivity contribution in [3.05, 3.63) is 29.3 Å². The van der Waals surface area contributed by atoms with Crippen LogP contribution in [0.15, 0.2) is 18.2 Å². The second kappa shape index (κ2) is 6.40. The molecule has 100 valence electrons. The molecule has 0 saturated heterocycles. The van der Waals surface area contributed by atoms with Crippen molar-refractivity contribution in [2.75, 3.05) is 20.6 Å². The summed E-state index contributed by atoms with van der Waals surface area (Å²) in [7, 11) is 4.00. The van der Waals surface area contributed by atoms with Gasteiger partial charge in [0.2, 0.25) is 0 Å². The number of phenols is 1. The summed E-state index contributed by atoms with van der Waals surface area (Å²) in [6, 6.07) is 5.11. The van der Waals surface area contributed by atoms with Gasteiger partial charge in [-0.2, -0.15) is 0 Å². The van der Waals surface area contributed by atoms with Crippen molar-refractivity contribution in [1.82, 2.24) is 10.2 Å². The molecular formula is C14H22N2O2. The lowest BCUT2D eigenvalue weighted by atomic mass is 10.1. The van der Waals surface area contributed by atoms with Crippen molar-refractivity contribution in [2.45, 2.75) is 26.3 Å². The van der Waals surface area contributed by atoms with Crippen LogP contribution in [0.25, 0.3) is 0 Å². The number of aryl methyl sites for hydroxylation is 1. The third kappa shape index (κ3) is 4.37. The third-order valence-electron chi connectivity index (χ3n) is 2.78. The van der Waals surface area contributed by atoms with Gasteiger partial charge in [-0.15, -0.1) is 0 Å². The van der Waals surface area contributed by atoms with Crippen LogP contribution in [0.2, 0.25) is 0 Å². The highest BCUT2D eigenvalue weighted by Crippen LogP contribution is 2.18. The molecule has 0 fully saturated rings. The molecule has 18 heavy (non-hydrogen) atoms. The van der Waals surface area contributed by atoms with Gasteiger partial charge in [0.15, 0.2) is 0 Å². The Morgan fingerprint density at radius 3 is 2.72 bits per heavy atom. The first-order chi connectivity index (χ1) is 8.40. The van der Waals surface area contributed by atoms with Crippen LogP contribution < -0.4 is 5.32 Å². The maximum absolute atomic E-state index is 12.0. The summed E-state index contributed by atoms with van der Waals surface area (Å²) >= 11 is 0. The smallest absolute Gasteiger partial charge is 0.255 e. The largest absolute Gasteiger partial charge is 0.507 e. The fourth-order valence-corrected chi connectivity index (χ4v) is 1.66. The van der Waals surface area contributed by atoms with E-state index in [0.717, 1.165) is 18.5 Å². The average Bonchev–Trinajstić information content (AvgIpc) is 2.29. The van der Waals surface area contributed by atoms with Crippen LogP contribution in [0.3, 0.4) is 0 Å². The van der Waals surface area contributed by atoms with Crippen molar-refractivity contribution in [3.8, 4) is 5.75 Å². The predicted octanol–water partition coefficient (Wildman–Crippen LogP) is 1.77. The number of amides is 1. The number of nitrogens with zero attached hydrogens (tertiary/aromatic N) is 1. The lowest BCUT2D eigenvalue weighted by Gasteiger charge is -2.17. The standard InChI is InChI=1S/C14H22N2O2/c1-10-5-6-13(17)12(9-10)14(18)15-11(2)7-8-16(3)4/h5-6,9,11,17H,7-8H2,1-4H3,(H,15,18). The van der Waals surface area contributed by atoms with Crippen LogP contribution in [-0.4, -0.2) is 42.6 Å². The molecule has 0 bridgehead atoms. The summed E-state index contributed by atoms with van der Waals surface area (Å²) in [4.78, 5) is 14.1. The molecule has 0 heterocycles. The van der Waals surface area contributed by atoms with Crippen LogP contribution in [-0.2, 0) is 0 Å². The van der Waals surface area contributed by atoms with E-state index in [2.05, 4.69) is 10.2 Å². The second-order valence-corrected chi connectivity index (χ2v) is 4.99. The number of hydrogen-bond donors (Lipinski definition) is 2. The number of rotatable bonds is 5. The molecule has 4 nitrogen and oxygen atoms in total. The fraction of sp³-hybridized carbons (Fsp3) is 0.500. The van der Waals surface area contributed by atoms with Crippen molar-refractivity contribution in [3.63, 3.8) is 0 Å². The minimum absolute atomic E-state index is 0.0258. The number of nitrogens with one attached hydrogen (secondary N) is 1. The molecule has 1 aromatic rings. The van der Waals surface area contributed by atoms with Gasteiger partial charge < -0.3 is 15.3 Å². The summed E-state index contributed by atoms with van der Waals surface area (Å²) in [6.07, 6.45) is 0.880. The molecule has 0 aromatic heterocycles. The van der Waals surface area contributed by atoms with Crippen LogP contribution in [0.1, 0.15) is 29.3 Å². The summed E-state index contributed by atoms with van der Waals surface area (Å²) < 4.78 is 0. The average molecular weight is 250 g/mol. The van der Waals surface area contributed by atoms with E-state index in [1.54, 1.807) is 18.2 Å². The van der Waals surface area contributed by atoms with Gasteiger partial charge in [-0.05, 0) is 53.0 Å². The lowest BCUT2D eigenvalue weighted by Crippen LogP contribution is -2.34. The van der Waals surface area contributed by atoms with E-state index >= 15 is 0 Å².